The summed E-state index contributed by atoms with van der Waals surface area (Å²) < 4.78 is 0. The van der Waals surface area contributed by atoms with E-state index < -0.39 is 42.1 Å². The van der Waals surface area contributed by atoms with Gasteiger partial charge in [0.25, 0.3) is 0 Å². The van der Waals surface area contributed by atoms with E-state index in [1.807, 2.05) is 20.8 Å². The van der Waals surface area contributed by atoms with Crippen molar-refractivity contribution in [2.75, 3.05) is 6.54 Å². The third kappa shape index (κ3) is 8.77. The summed E-state index contributed by atoms with van der Waals surface area (Å²) in [6.07, 6.45) is -0.468. The molecule has 8 heteroatoms. The first kappa shape index (κ1) is 26.0. The molecule has 0 aromatic heterocycles. The molecule has 0 heterocycles. The predicted molar refractivity (Wildman–Crippen MR) is 106 cm³/mol. The van der Waals surface area contributed by atoms with Crippen molar-refractivity contribution in [3.63, 3.8) is 0 Å². The molecule has 28 heavy (non-hydrogen) atoms. The van der Waals surface area contributed by atoms with Crippen LogP contribution in [0, 0.1) is 17.3 Å². The zero-order valence-corrected chi connectivity index (χ0v) is 17.3. The normalized spacial score (nSPS) is 17.5. The monoisotopic (exact) mass is 398 g/mol. The van der Waals surface area contributed by atoms with Gasteiger partial charge in [0, 0.05) is 6.54 Å². The van der Waals surface area contributed by atoms with Crippen LogP contribution in [-0.4, -0.2) is 64.3 Å². The average molecular weight is 399 g/mol. The first-order valence-corrected chi connectivity index (χ1v) is 9.23. The number of carbonyl (C=O) groups is 3. The van der Waals surface area contributed by atoms with Crippen LogP contribution in [0.2, 0.25) is 0 Å². The van der Waals surface area contributed by atoms with Gasteiger partial charge in [-0.05, 0) is 11.3 Å². The highest BCUT2D eigenvalue weighted by Crippen LogP contribution is 2.17. The first-order valence-electron chi connectivity index (χ1n) is 9.23. The number of allylic oxidation sites excluding steroid dienone is 1. The molecule has 0 aliphatic heterocycles. The molecule has 0 fully saturated rings. The molecular formula is C20H34N2O6. The van der Waals surface area contributed by atoms with Gasteiger partial charge in [-0.1, -0.05) is 52.8 Å². The van der Waals surface area contributed by atoms with E-state index in [9.17, 15) is 29.7 Å². The maximum atomic E-state index is 12.4. The minimum Gasteiger partial charge on any atom is -0.389 e. The SMILES string of the molecule is C=CCNC(=O)[C@@H](NC(=O)[C@H](C=O)[C@H](O)[C@@H](O)[C@H](O)/C=C/C(C)(C)C)C(C)C. The van der Waals surface area contributed by atoms with Gasteiger partial charge < -0.3 is 30.7 Å². The smallest absolute Gasteiger partial charge is 0.243 e. The lowest BCUT2D eigenvalue weighted by Gasteiger charge is -2.27. The van der Waals surface area contributed by atoms with Gasteiger partial charge in [0.2, 0.25) is 11.8 Å². The third-order valence-electron chi connectivity index (χ3n) is 3.98. The molecule has 0 spiro atoms. The summed E-state index contributed by atoms with van der Waals surface area (Å²) in [5, 5.41) is 35.3. The molecule has 2 amide bonds. The Balaban J connectivity index is 5.22. The van der Waals surface area contributed by atoms with Crippen LogP contribution in [0.4, 0.5) is 0 Å². The molecule has 0 aliphatic carbocycles. The number of carbonyl (C=O) groups excluding carboxylic acids is 3. The summed E-state index contributed by atoms with van der Waals surface area (Å²) in [7, 11) is 0. The molecule has 0 saturated heterocycles. The second-order valence-electron chi connectivity index (χ2n) is 8.12. The fraction of sp³-hybridized carbons (Fsp3) is 0.650. The fourth-order valence-electron chi connectivity index (χ4n) is 2.28. The lowest BCUT2D eigenvalue weighted by Crippen LogP contribution is -2.54. The van der Waals surface area contributed by atoms with Crippen molar-refractivity contribution >= 4 is 18.1 Å². The molecule has 8 nitrogen and oxygen atoms in total. The fourth-order valence-corrected chi connectivity index (χ4v) is 2.28. The van der Waals surface area contributed by atoms with Gasteiger partial charge in [0.1, 0.15) is 36.6 Å². The van der Waals surface area contributed by atoms with Crippen LogP contribution < -0.4 is 10.6 Å². The van der Waals surface area contributed by atoms with Gasteiger partial charge in [-0.2, -0.15) is 0 Å². The molecule has 0 aromatic carbocycles. The van der Waals surface area contributed by atoms with Gasteiger partial charge in [-0.25, -0.2) is 0 Å². The van der Waals surface area contributed by atoms with Crippen LogP contribution in [0.1, 0.15) is 34.6 Å². The molecule has 5 atom stereocenters. The van der Waals surface area contributed by atoms with Crippen LogP contribution in [0.3, 0.4) is 0 Å². The van der Waals surface area contributed by atoms with Crippen LogP contribution in [0.25, 0.3) is 0 Å². The Morgan fingerprint density at radius 3 is 2.07 bits per heavy atom. The standard InChI is InChI=1S/C20H34N2O6/c1-7-10-21-19(28)15(12(2)3)22-18(27)13(11-23)16(25)17(26)14(24)8-9-20(4,5)6/h7-9,11-17,24-26H,1,10H2,2-6H3,(H,21,28)(H,22,27)/b9-8+/t13-,14-,15+,16+,17+/m1/s1. The molecule has 0 bridgehead atoms. The Bertz CT molecular complexity index is 568. The summed E-state index contributed by atoms with van der Waals surface area (Å²) in [6, 6.07) is -0.940. The zero-order chi connectivity index (χ0) is 22.1. The molecular weight excluding hydrogens is 364 g/mol. The van der Waals surface area contributed by atoms with Gasteiger partial charge in [0.05, 0.1) is 0 Å². The molecule has 0 aromatic rings. The Morgan fingerprint density at radius 1 is 1.07 bits per heavy atom. The summed E-state index contributed by atoms with van der Waals surface area (Å²) >= 11 is 0. The van der Waals surface area contributed by atoms with E-state index in [2.05, 4.69) is 17.2 Å². The Labute approximate surface area is 166 Å². The quantitative estimate of drug-likeness (QED) is 0.188. The first-order chi connectivity index (χ1) is 12.9. The largest absolute Gasteiger partial charge is 0.389 e. The molecule has 160 valence electrons. The molecule has 0 aliphatic rings. The van der Waals surface area contributed by atoms with Gasteiger partial charge in [-0.15, -0.1) is 6.58 Å². The van der Waals surface area contributed by atoms with Gasteiger partial charge in [-0.3, -0.25) is 9.59 Å². The summed E-state index contributed by atoms with van der Waals surface area (Å²) in [5.74, 6) is -3.32. The average Bonchev–Trinajstić information content (AvgIpc) is 2.60. The zero-order valence-electron chi connectivity index (χ0n) is 17.3. The number of amides is 2. The molecule has 0 unspecified atom stereocenters. The van der Waals surface area contributed by atoms with Crippen molar-refractivity contribution in [3.05, 3.63) is 24.8 Å². The van der Waals surface area contributed by atoms with Crippen molar-refractivity contribution in [2.45, 2.75) is 59.0 Å². The molecule has 5 N–H and O–H groups in total. The number of nitrogens with one attached hydrogen (secondary N) is 2. The van der Waals surface area contributed by atoms with Crippen LogP contribution in [0.15, 0.2) is 24.8 Å². The highest BCUT2D eigenvalue weighted by atomic mass is 16.4. The number of hydrogen-bond acceptors (Lipinski definition) is 6. The van der Waals surface area contributed by atoms with Crippen LogP contribution >= 0.6 is 0 Å². The van der Waals surface area contributed by atoms with Gasteiger partial charge >= 0.3 is 0 Å². The van der Waals surface area contributed by atoms with E-state index in [0.29, 0.717) is 0 Å². The Kier molecular flexibility index (Phi) is 10.9. The van der Waals surface area contributed by atoms with Crippen molar-refractivity contribution in [1.29, 1.82) is 0 Å². The summed E-state index contributed by atoms with van der Waals surface area (Å²) in [6.45, 7) is 12.8. The van der Waals surface area contributed by atoms with Crippen LogP contribution in [0.5, 0.6) is 0 Å². The van der Waals surface area contributed by atoms with E-state index in [0.717, 1.165) is 0 Å². The second-order valence-corrected chi connectivity index (χ2v) is 8.12. The van der Waals surface area contributed by atoms with E-state index in [4.69, 9.17) is 0 Å². The number of hydrogen-bond donors (Lipinski definition) is 5. The van der Waals surface area contributed by atoms with E-state index in [1.165, 1.54) is 12.2 Å². The highest BCUT2D eigenvalue weighted by Gasteiger charge is 2.37. The maximum absolute atomic E-state index is 12.4. The summed E-state index contributed by atoms with van der Waals surface area (Å²) in [4.78, 5) is 36.0. The molecule has 0 radical (unpaired) electrons. The topological polar surface area (TPSA) is 136 Å². The van der Waals surface area contributed by atoms with Crippen molar-refractivity contribution in [1.82, 2.24) is 10.6 Å². The Morgan fingerprint density at radius 2 is 1.64 bits per heavy atom. The predicted octanol–water partition coefficient (Wildman–Crippen LogP) is -0.0705. The number of aliphatic hydroxyl groups is 3. The van der Waals surface area contributed by atoms with Crippen molar-refractivity contribution in [2.24, 2.45) is 17.3 Å². The lowest BCUT2D eigenvalue weighted by atomic mass is 9.91. The minimum absolute atomic E-state index is 0.183. The maximum Gasteiger partial charge on any atom is 0.243 e. The number of aliphatic hydroxyl groups excluding tert-OH is 3. The molecule has 0 rings (SSSR count). The highest BCUT2D eigenvalue weighted by molar-refractivity contribution is 5.95. The minimum atomic E-state index is -1.85. The van der Waals surface area contributed by atoms with Crippen molar-refractivity contribution < 1.29 is 29.7 Å². The lowest BCUT2D eigenvalue weighted by molar-refractivity contribution is -0.142. The number of aldehydes is 1. The van der Waals surface area contributed by atoms with E-state index in [-0.39, 0.29) is 24.2 Å². The van der Waals surface area contributed by atoms with E-state index >= 15 is 0 Å². The van der Waals surface area contributed by atoms with Crippen molar-refractivity contribution in [3.8, 4) is 0 Å². The third-order valence-corrected chi connectivity index (χ3v) is 3.98. The Hall–Kier alpha value is -2.03. The van der Waals surface area contributed by atoms with Crippen LogP contribution in [-0.2, 0) is 14.4 Å². The molecule has 0 saturated carbocycles. The number of rotatable bonds is 11. The summed E-state index contributed by atoms with van der Waals surface area (Å²) in [5.41, 5.74) is -0.267. The van der Waals surface area contributed by atoms with Gasteiger partial charge in [0.15, 0.2) is 0 Å². The second kappa shape index (κ2) is 11.7. The van der Waals surface area contributed by atoms with E-state index in [1.54, 1.807) is 19.9 Å².